The summed E-state index contributed by atoms with van der Waals surface area (Å²) in [5, 5.41) is 3.18. The lowest BCUT2D eigenvalue weighted by Gasteiger charge is -2.40. The molecule has 0 amide bonds. The molecule has 4 aromatic carbocycles. The van der Waals surface area contributed by atoms with Gasteiger partial charge in [0.1, 0.15) is 10.7 Å². The molecule has 1 fully saturated rings. The van der Waals surface area contributed by atoms with Gasteiger partial charge in [0.2, 0.25) is 0 Å². The van der Waals surface area contributed by atoms with Crippen molar-refractivity contribution in [2.24, 2.45) is 0 Å². The average molecular weight is 766 g/mol. The molecule has 0 spiro atoms. The summed E-state index contributed by atoms with van der Waals surface area (Å²) in [5.74, 6) is 1.38. The molecule has 1 aliphatic carbocycles. The Morgan fingerprint density at radius 3 is 1.66 bits per heavy atom. The minimum atomic E-state index is -2.11. The van der Waals surface area contributed by atoms with E-state index in [0.717, 1.165) is 38.8 Å². The second-order valence-corrected chi connectivity index (χ2v) is 20.6. The van der Waals surface area contributed by atoms with Crippen LogP contribution in [0.4, 0.5) is 11.4 Å². The summed E-state index contributed by atoms with van der Waals surface area (Å²) in [6.45, 7) is 18.1. The van der Waals surface area contributed by atoms with Gasteiger partial charge in [-0.1, -0.05) is 124 Å². The van der Waals surface area contributed by atoms with Crippen molar-refractivity contribution in [3.63, 3.8) is 0 Å². The topological polar surface area (TPSA) is 6.48 Å². The molecule has 1 aliphatic heterocycles. The number of halogens is 2. The van der Waals surface area contributed by atoms with Gasteiger partial charge in [-0.25, -0.2) is 0 Å². The molecule has 1 saturated heterocycles. The molecule has 5 heteroatoms. The Morgan fingerprint density at radius 2 is 1.17 bits per heavy atom. The maximum Gasteiger partial charge on any atom is 0.117 e. The molecule has 2 nitrogen and oxygen atoms in total. The first-order chi connectivity index (χ1) is 25.5. The Balaban J connectivity index is 1.84. The first-order valence-corrected chi connectivity index (χ1v) is 22.9. The van der Waals surface area contributed by atoms with Gasteiger partial charge in [-0.3, -0.25) is 0 Å². The maximum absolute atomic E-state index is 6.80. The van der Waals surface area contributed by atoms with Gasteiger partial charge < -0.3 is 9.80 Å². The lowest BCUT2D eigenvalue weighted by molar-refractivity contribution is 0.850. The van der Waals surface area contributed by atoms with Gasteiger partial charge in [-0.05, 0) is 141 Å². The fourth-order valence-corrected chi connectivity index (χ4v) is 15.3. The molecule has 1 heterocycles. The predicted octanol–water partition coefficient (Wildman–Crippen LogP) is 14.0. The van der Waals surface area contributed by atoms with Crippen molar-refractivity contribution in [2.75, 3.05) is 35.2 Å². The zero-order valence-corrected chi connectivity index (χ0v) is 35.7. The van der Waals surface area contributed by atoms with Crippen molar-refractivity contribution in [1.29, 1.82) is 0 Å². The maximum atomic E-state index is 6.80. The Labute approximate surface area is 330 Å². The lowest BCUT2D eigenvalue weighted by Crippen LogP contribution is -2.28. The molecule has 0 radical (unpaired) electrons. The van der Waals surface area contributed by atoms with E-state index in [1.165, 1.54) is 98.0 Å². The zero-order chi connectivity index (χ0) is 37.9. The van der Waals surface area contributed by atoms with Crippen molar-refractivity contribution < 1.29 is 0 Å². The molecular weight excluding hydrogens is 706 g/mol. The number of fused-ring (bicyclic) bond motifs is 1. The monoisotopic (exact) mass is 764 g/mol. The van der Waals surface area contributed by atoms with Crippen molar-refractivity contribution in [3.05, 3.63) is 140 Å². The molecule has 0 atom stereocenters. The van der Waals surface area contributed by atoms with E-state index in [4.69, 9.17) is 23.2 Å². The van der Waals surface area contributed by atoms with Crippen LogP contribution in [0.2, 0.25) is 0 Å². The van der Waals surface area contributed by atoms with Gasteiger partial charge in [0.15, 0.2) is 0 Å². The molecule has 53 heavy (non-hydrogen) atoms. The van der Waals surface area contributed by atoms with Crippen LogP contribution in [0.1, 0.15) is 102 Å². The van der Waals surface area contributed by atoms with E-state index in [1.807, 2.05) is 0 Å². The van der Waals surface area contributed by atoms with Crippen molar-refractivity contribution in [1.82, 2.24) is 0 Å². The summed E-state index contributed by atoms with van der Waals surface area (Å²) >= 11 is 13.6. The van der Waals surface area contributed by atoms with Crippen LogP contribution in [0.15, 0.2) is 90.0 Å². The first-order valence-electron chi connectivity index (χ1n) is 19.8. The van der Waals surface area contributed by atoms with Crippen LogP contribution in [-0.4, -0.2) is 35.5 Å². The molecule has 0 bridgehead atoms. The van der Waals surface area contributed by atoms with Gasteiger partial charge in [-0.15, -0.1) is 23.2 Å². The van der Waals surface area contributed by atoms with Crippen molar-refractivity contribution in [2.45, 2.75) is 98.8 Å². The van der Waals surface area contributed by atoms with Crippen LogP contribution in [0.25, 0.3) is 11.6 Å². The Hall–Kier alpha value is -3.16. The van der Waals surface area contributed by atoms with Crippen LogP contribution in [0.5, 0.6) is 0 Å². The fraction of sp³-hybridized carbons (Fsp3) is 0.396. The van der Waals surface area contributed by atoms with E-state index in [9.17, 15) is 0 Å². The third-order valence-electron chi connectivity index (χ3n) is 11.3. The summed E-state index contributed by atoms with van der Waals surface area (Å²) in [4.78, 5) is 4.99. The smallest absolute Gasteiger partial charge is 0.117 e. The van der Waals surface area contributed by atoms with Gasteiger partial charge >= 0.3 is 0 Å². The van der Waals surface area contributed by atoms with Crippen LogP contribution >= 0.6 is 30.1 Å². The van der Waals surface area contributed by atoms with Crippen LogP contribution < -0.4 is 9.80 Å². The molecule has 0 aromatic heterocycles. The highest BCUT2D eigenvalue weighted by atomic mass is 35.5. The zero-order valence-electron chi connectivity index (χ0n) is 33.3. The van der Waals surface area contributed by atoms with E-state index in [-0.39, 0.29) is 0 Å². The SMILES string of the molecule is CCCCP(CCCC)(C(CCC(Cl)Cl)=C1N(c2c(C)cc(C)cc2C)CCN1c1c(C)cc(C)cc1C)=C1C(c2ccccc2)=Cc2ccccc21. The second-order valence-electron chi connectivity index (χ2n) is 15.5. The summed E-state index contributed by atoms with van der Waals surface area (Å²) in [7, 11) is 0. The molecule has 0 saturated carbocycles. The van der Waals surface area contributed by atoms with E-state index in [2.05, 4.69) is 150 Å². The fourth-order valence-electron chi connectivity index (χ4n) is 9.37. The number of alkyl halides is 2. The molecule has 0 N–H and O–H groups in total. The number of nitrogens with zero attached hydrogens (tertiary/aromatic N) is 2. The summed E-state index contributed by atoms with van der Waals surface area (Å²) in [6.07, 6.45) is 11.1. The molecule has 4 aromatic rings. The molecule has 280 valence electrons. The van der Waals surface area contributed by atoms with Crippen LogP contribution in [0, 0.1) is 41.5 Å². The standard InChI is InChI=1S/C48H59Cl2N2P/c1-9-11-26-53(27-12-10-2,47-41-21-17-16-20-40(41)32-42(47)39-18-14-13-15-19-39)43(22-23-44(49)50)48-51(45-35(5)28-33(3)29-36(45)6)24-25-52(48)46-37(7)30-34(4)31-38(46)8/h13-21,28-32,44H,9-12,22-27H2,1-8H3. The highest BCUT2D eigenvalue weighted by molar-refractivity contribution is 7.81. The number of hydrogen-bond acceptors (Lipinski definition) is 2. The third kappa shape index (κ3) is 7.99. The van der Waals surface area contributed by atoms with Crippen LogP contribution in [-0.2, 0) is 0 Å². The number of allylic oxidation sites excluding steroid dienone is 2. The summed E-state index contributed by atoms with van der Waals surface area (Å²) < 4.78 is 0. The predicted molar refractivity (Wildman–Crippen MR) is 239 cm³/mol. The highest BCUT2D eigenvalue weighted by Crippen LogP contribution is 2.66. The third-order valence-corrected chi connectivity index (χ3v) is 16.7. The number of hydrogen-bond donors (Lipinski definition) is 0. The van der Waals surface area contributed by atoms with E-state index in [1.54, 1.807) is 10.6 Å². The number of rotatable bonds is 13. The van der Waals surface area contributed by atoms with E-state index >= 15 is 0 Å². The quantitative estimate of drug-likeness (QED) is 0.0988. The summed E-state index contributed by atoms with van der Waals surface area (Å²) in [6, 6.07) is 29.8. The van der Waals surface area contributed by atoms with Gasteiger partial charge in [0, 0.05) is 24.5 Å². The Morgan fingerprint density at radius 1 is 0.679 bits per heavy atom. The number of aryl methyl sites for hydroxylation is 6. The van der Waals surface area contributed by atoms with Gasteiger partial charge in [-0.2, -0.15) is 0 Å². The lowest BCUT2D eigenvalue weighted by atomic mass is 10.0. The number of benzene rings is 4. The Bertz CT molecular complexity index is 1950. The van der Waals surface area contributed by atoms with Gasteiger partial charge in [0.05, 0.1) is 0 Å². The molecule has 0 unspecified atom stereocenters. The summed E-state index contributed by atoms with van der Waals surface area (Å²) in [5.41, 5.74) is 16.1. The Kier molecular flexibility index (Phi) is 12.8. The molecule has 6 rings (SSSR count). The average Bonchev–Trinajstić information content (AvgIpc) is 3.71. The normalized spacial score (nSPS) is 14.4. The first kappa shape index (κ1) is 39.5. The number of anilines is 2. The van der Waals surface area contributed by atoms with E-state index in [0.29, 0.717) is 0 Å². The minimum absolute atomic E-state index is 0.441. The number of unbranched alkanes of at least 4 members (excludes halogenated alkanes) is 2. The molecular formula is C48H59Cl2N2P. The highest BCUT2D eigenvalue weighted by Gasteiger charge is 2.40. The van der Waals surface area contributed by atoms with Crippen molar-refractivity contribution >= 4 is 58.4 Å². The van der Waals surface area contributed by atoms with Crippen LogP contribution in [0.3, 0.4) is 0 Å². The second kappa shape index (κ2) is 17.1. The van der Waals surface area contributed by atoms with E-state index < -0.39 is 11.7 Å². The van der Waals surface area contributed by atoms with Gasteiger partial charge in [0.25, 0.3) is 0 Å². The minimum Gasteiger partial charge on any atom is -0.325 e. The molecule has 2 aliphatic rings. The largest absolute Gasteiger partial charge is 0.325 e. The van der Waals surface area contributed by atoms with Crippen molar-refractivity contribution in [3.8, 4) is 0 Å².